The van der Waals surface area contributed by atoms with Gasteiger partial charge in [-0.05, 0) is 42.0 Å². The Bertz CT molecular complexity index is 1230. The van der Waals surface area contributed by atoms with Crippen LogP contribution in [0.25, 0.3) is 11.6 Å². The zero-order chi connectivity index (χ0) is 21.8. The molecule has 1 aliphatic rings. The van der Waals surface area contributed by atoms with Crippen LogP contribution >= 0.6 is 0 Å². The molecule has 0 atom stereocenters. The number of benzene rings is 2. The van der Waals surface area contributed by atoms with E-state index in [0.717, 1.165) is 4.90 Å². The zero-order valence-electron chi connectivity index (χ0n) is 16.3. The fourth-order valence-corrected chi connectivity index (χ4v) is 3.40. The third-order valence-electron chi connectivity index (χ3n) is 4.89. The summed E-state index contributed by atoms with van der Waals surface area (Å²) in [5.41, 5.74) is 2.27. The smallest absolute Gasteiger partial charge is 0.269 e. The Balaban J connectivity index is 1.72. The van der Waals surface area contributed by atoms with Crippen LogP contribution in [-0.2, 0) is 11.3 Å². The number of imide groups is 1. The number of nitro benzene ring substituents is 1. The summed E-state index contributed by atoms with van der Waals surface area (Å²) in [6, 6.07) is 18.5. The Kier molecular flexibility index (Phi) is 5.49. The molecule has 0 radical (unpaired) electrons. The molecule has 2 amide bonds. The molecule has 2 heterocycles. The van der Waals surface area contributed by atoms with Crippen molar-refractivity contribution in [3.63, 3.8) is 0 Å². The summed E-state index contributed by atoms with van der Waals surface area (Å²) in [5, 5.41) is 11.2. The fraction of sp³-hybridized carbons (Fsp3) is 0.0417. The van der Waals surface area contributed by atoms with E-state index in [1.165, 1.54) is 6.07 Å². The van der Waals surface area contributed by atoms with Crippen LogP contribution in [0.2, 0.25) is 0 Å². The lowest BCUT2D eigenvalue weighted by Crippen LogP contribution is -2.41. The highest BCUT2D eigenvalue weighted by Gasteiger charge is 2.34. The Morgan fingerprint density at radius 2 is 1.61 bits per heavy atom. The second kappa shape index (κ2) is 8.54. The van der Waals surface area contributed by atoms with Crippen molar-refractivity contribution < 1.29 is 14.5 Å². The lowest BCUT2D eigenvalue weighted by molar-refractivity contribution is -0.385. The van der Waals surface area contributed by atoms with Gasteiger partial charge in [0.25, 0.3) is 17.5 Å². The molecule has 0 spiro atoms. The number of aromatic nitrogens is 1. The van der Waals surface area contributed by atoms with Crippen LogP contribution in [0.4, 0.5) is 5.69 Å². The Morgan fingerprint density at radius 1 is 0.903 bits per heavy atom. The van der Waals surface area contributed by atoms with Gasteiger partial charge in [-0.3, -0.25) is 29.6 Å². The summed E-state index contributed by atoms with van der Waals surface area (Å²) in [6.07, 6.45) is 6.34. The maximum absolute atomic E-state index is 13.2. The van der Waals surface area contributed by atoms with Crippen molar-refractivity contribution in [2.24, 2.45) is 0 Å². The van der Waals surface area contributed by atoms with E-state index >= 15 is 0 Å². The first-order chi connectivity index (χ1) is 15.1. The van der Waals surface area contributed by atoms with Crippen LogP contribution in [-0.4, -0.2) is 26.6 Å². The number of carbonyl (C=O) groups is 2. The molecule has 0 unspecified atom stereocenters. The fourth-order valence-electron chi connectivity index (χ4n) is 3.40. The summed E-state index contributed by atoms with van der Waals surface area (Å²) in [4.78, 5) is 42.3. The van der Waals surface area contributed by atoms with Crippen molar-refractivity contribution in [2.45, 2.75) is 6.54 Å². The van der Waals surface area contributed by atoms with E-state index in [0.29, 0.717) is 28.0 Å². The van der Waals surface area contributed by atoms with Crippen molar-refractivity contribution >= 4 is 29.2 Å². The zero-order valence-corrected chi connectivity index (χ0v) is 16.3. The van der Waals surface area contributed by atoms with Crippen LogP contribution in [0.5, 0.6) is 0 Å². The SMILES string of the molecule is O=C1/C(=C/C=C/c2ccccc2[N+](=O)[O-])c2ccccc2C(=O)N1Cc1ccccn1. The number of amides is 2. The normalized spacial score (nSPS) is 14.8. The maximum Gasteiger partial charge on any atom is 0.276 e. The monoisotopic (exact) mass is 411 g/mol. The van der Waals surface area contributed by atoms with Crippen LogP contribution in [0.3, 0.4) is 0 Å². The molecule has 0 bridgehead atoms. The van der Waals surface area contributed by atoms with Gasteiger partial charge in [-0.25, -0.2) is 0 Å². The van der Waals surface area contributed by atoms with Gasteiger partial charge in [-0.1, -0.05) is 42.5 Å². The summed E-state index contributed by atoms with van der Waals surface area (Å²) in [7, 11) is 0. The molecule has 4 rings (SSSR count). The minimum atomic E-state index is -0.457. The highest BCUT2D eigenvalue weighted by molar-refractivity contribution is 6.31. The van der Waals surface area contributed by atoms with E-state index in [1.54, 1.807) is 85.1 Å². The predicted octanol–water partition coefficient (Wildman–Crippen LogP) is 4.27. The average molecular weight is 411 g/mol. The first-order valence-corrected chi connectivity index (χ1v) is 9.53. The number of allylic oxidation sites excluding steroid dienone is 2. The number of hydrogen-bond donors (Lipinski definition) is 0. The Labute approximate surface area is 178 Å². The molecule has 31 heavy (non-hydrogen) atoms. The van der Waals surface area contributed by atoms with Gasteiger partial charge in [0.15, 0.2) is 0 Å². The van der Waals surface area contributed by atoms with Gasteiger partial charge in [-0.15, -0.1) is 0 Å². The molecule has 3 aromatic rings. The van der Waals surface area contributed by atoms with Crippen molar-refractivity contribution in [2.75, 3.05) is 0 Å². The molecule has 0 N–H and O–H groups in total. The van der Waals surface area contributed by atoms with Crippen LogP contribution < -0.4 is 0 Å². The van der Waals surface area contributed by atoms with Crippen LogP contribution in [0, 0.1) is 10.1 Å². The molecule has 7 heteroatoms. The third-order valence-corrected chi connectivity index (χ3v) is 4.89. The Hall–Kier alpha value is -4.39. The van der Waals surface area contributed by atoms with Gasteiger partial charge >= 0.3 is 0 Å². The third kappa shape index (κ3) is 4.02. The average Bonchev–Trinajstić information content (AvgIpc) is 2.80. The van der Waals surface area contributed by atoms with E-state index in [2.05, 4.69) is 4.98 Å². The second-order valence-corrected chi connectivity index (χ2v) is 6.82. The Morgan fingerprint density at radius 3 is 2.35 bits per heavy atom. The molecule has 2 aromatic carbocycles. The lowest BCUT2D eigenvalue weighted by atomic mass is 9.93. The van der Waals surface area contributed by atoms with Crippen LogP contribution in [0.15, 0.2) is 85.1 Å². The van der Waals surface area contributed by atoms with E-state index in [1.807, 2.05) is 0 Å². The molecule has 0 saturated carbocycles. The largest absolute Gasteiger partial charge is 0.276 e. The lowest BCUT2D eigenvalue weighted by Gasteiger charge is -2.28. The van der Waals surface area contributed by atoms with E-state index in [9.17, 15) is 19.7 Å². The van der Waals surface area contributed by atoms with Crippen molar-refractivity contribution in [3.05, 3.63) is 118 Å². The van der Waals surface area contributed by atoms with Gasteiger partial charge < -0.3 is 0 Å². The standard InChI is InChI=1S/C24H17N3O4/c28-23-20-12-3-2-11-19(20)21(24(29)26(23)16-18-10-5-6-15-25-18)13-7-9-17-8-1-4-14-22(17)27(30)31/h1-15H,16H2/b9-7+,21-13+. The molecule has 0 fully saturated rings. The number of fused-ring (bicyclic) bond motifs is 1. The maximum atomic E-state index is 13.2. The van der Waals surface area contributed by atoms with Gasteiger partial charge in [-0.2, -0.15) is 0 Å². The van der Waals surface area contributed by atoms with Crippen molar-refractivity contribution in [1.29, 1.82) is 0 Å². The minimum Gasteiger partial charge on any atom is -0.269 e. The number of para-hydroxylation sites is 1. The molecular formula is C24H17N3O4. The summed E-state index contributed by atoms with van der Waals surface area (Å²) in [5.74, 6) is -0.826. The highest BCUT2D eigenvalue weighted by atomic mass is 16.6. The van der Waals surface area contributed by atoms with Gasteiger partial charge in [0.2, 0.25) is 0 Å². The second-order valence-electron chi connectivity index (χ2n) is 6.82. The number of rotatable bonds is 5. The molecule has 152 valence electrons. The highest BCUT2D eigenvalue weighted by Crippen LogP contribution is 2.30. The molecule has 7 nitrogen and oxygen atoms in total. The molecular weight excluding hydrogens is 394 g/mol. The summed E-state index contributed by atoms with van der Waals surface area (Å²) >= 11 is 0. The number of nitro groups is 1. The topological polar surface area (TPSA) is 93.4 Å². The van der Waals surface area contributed by atoms with Gasteiger partial charge in [0, 0.05) is 23.4 Å². The molecule has 0 aliphatic carbocycles. The first kappa shape index (κ1) is 19.9. The number of hydrogen-bond acceptors (Lipinski definition) is 5. The van der Waals surface area contributed by atoms with E-state index < -0.39 is 10.8 Å². The van der Waals surface area contributed by atoms with Crippen LogP contribution in [0.1, 0.15) is 27.2 Å². The summed E-state index contributed by atoms with van der Waals surface area (Å²) < 4.78 is 0. The van der Waals surface area contributed by atoms with Gasteiger partial charge in [0.1, 0.15) is 0 Å². The molecule has 1 aliphatic heterocycles. The molecule has 0 saturated heterocycles. The first-order valence-electron chi connectivity index (χ1n) is 9.53. The number of carbonyl (C=O) groups excluding carboxylic acids is 2. The minimum absolute atomic E-state index is 0.0283. The quantitative estimate of drug-likeness (QED) is 0.271. The van der Waals surface area contributed by atoms with Gasteiger partial charge in [0.05, 0.1) is 22.7 Å². The number of pyridine rings is 1. The predicted molar refractivity (Wildman–Crippen MR) is 116 cm³/mol. The van der Waals surface area contributed by atoms with E-state index in [-0.39, 0.29) is 18.1 Å². The van der Waals surface area contributed by atoms with E-state index in [4.69, 9.17) is 0 Å². The molecule has 1 aromatic heterocycles. The van der Waals surface area contributed by atoms with Crippen molar-refractivity contribution in [1.82, 2.24) is 9.88 Å². The summed E-state index contributed by atoms with van der Waals surface area (Å²) in [6.45, 7) is 0.0536. The van der Waals surface area contributed by atoms with Crippen molar-refractivity contribution in [3.8, 4) is 0 Å². The number of nitrogens with zero attached hydrogens (tertiary/aromatic N) is 3.